The molecule has 0 spiro atoms. The fourth-order valence-electron chi connectivity index (χ4n) is 3.58. The zero-order valence-electron chi connectivity index (χ0n) is 11.5. The van der Waals surface area contributed by atoms with Crippen molar-refractivity contribution in [3.8, 4) is 0 Å². The van der Waals surface area contributed by atoms with Crippen LogP contribution in [0, 0.1) is 0 Å². The quantitative estimate of drug-likeness (QED) is 0.868. The smallest absolute Gasteiger partial charge is 0.0637 e. The summed E-state index contributed by atoms with van der Waals surface area (Å²) in [5.41, 5.74) is 1.20. The molecule has 1 aromatic rings. The highest BCUT2D eigenvalue weighted by atomic mass is 15.2. The molecule has 2 aliphatic rings. The first kappa shape index (κ1) is 12.2. The van der Waals surface area contributed by atoms with E-state index in [-0.39, 0.29) is 0 Å². The number of aromatic nitrogens is 2. The maximum Gasteiger partial charge on any atom is 0.0637 e. The van der Waals surface area contributed by atoms with E-state index in [4.69, 9.17) is 0 Å². The molecule has 1 N–H and O–H groups in total. The third-order valence-corrected chi connectivity index (χ3v) is 4.68. The standard InChI is InChI=1S/C14H24N4/c1-17-8-6-11(16-17)5-7-15-12-9-13-3-4-14(10-12)18(13)2/h6,8,12-15H,3-5,7,9-10H2,1-2H3. The monoisotopic (exact) mass is 248 g/mol. The van der Waals surface area contributed by atoms with E-state index in [0.717, 1.165) is 31.1 Å². The van der Waals surface area contributed by atoms with E-state index in [9.17, 15) is 0 Å². The van der Waals surface area contributed by atoms with Crippen molar-refractivity contribution < 1.29 is 0 Å². The number of fused-ring (bicyclic) bond motifs is 2. The van der Waals surface area contributed by atoms with Crippen molar-refractivity contribution in [1.29, 1.82) is 0 Å². The molecule has 0 radical (unpaired) electrons. The molecular weight excluding hydrogens is 224 g/mol. The van der Waals surface area contributed by atoms with Crippen LogP contribution in [0.5, 0.6) is 0 Å². The van der Waals surface area contributed by atoms with Crippen LogP contribution in [0.15, 0.2) is 12.3 Å². The number of hydrogen-bond acceptors (Lipinski definition) is 3. The van der Waals surface area contributed by atoms with E-state index in [1.54, 1.807) is 0 Å². The molecule has 0 aliphatic carbocycles. The molecule has 0 aromatic carbocycles. The molecule has 0 saturated carbocycles. The largest absolute Gasteiger partial charge is 0.313 e. The van der Waals surface area contributed by atoms with Gasteiger partial charge in [0.1, 0.15) is 0 Å². The molecule has 18 heavy (non-hydrogen) atoms. The van der Waals surface area contributed by atoms with Crippen molar-refractivity contribution in [2.75, 3.05) is 13.6 Å². The van der Waals surface area contributed by atoms with E-state index in [0.29, 0.717) is 0 Å². The molecule has 100 valence electrons. The Bertz CT molecular complexity index is 386. The van der Waals surface area contributed by atoms with Crippen molar-refractivity contribution in [2.24, 2.45) is 7.05 Å². The molecule has 2 atom stereocenters. The summed E-state index contributed by atoms with van der Waals surface area (Å²) in [6, 6.07) is 4.50. The van der Waals surface area contributed by atoms with E-state index < -0.39 is 0 Å². The number of piperidine rings is 1. The maximum atomic E-state index is 4.42. The minimum absolute atomic E-state index is 0.724. The average Bonchev–Trinajstić information content (AvgIpc) is 2.82. The van der Waals surface area contributed by atoms with Gasteiger partial charge in [-0.25, -0.2) is 0 Å². The summed E-state index contributed by atoms with van der Waals surface area (Å²) in [6.45, 7) is 1.06. The summed E-state index contributed by atoms with van der Waals surface area (Å²) in [7, 11) is 4.28. The molecule has 4 heteroatoms. The summed E-state index contributed by atoms with van der Waals surface area (Å²) in [4.78, 5) is 2.59. The summed E-state index contributed by atoms with van der Waals surface area (Å²) < 4.78 is 1.88. The second kappa shape index (κ2) is 5.02. The van der Waals surface area contributed by atoms with Gasteiger partial charge in [0.25, 0.3) is 0 Å². The van der Waals surface area contributed by atoms with E-state index in [1.807, 2.05) is 17.9 Å². The van der Waals surface area contributed by atoms with Gasteiger partial charge < -0.3 is 10.2 Å². The molecule has 2 unspecified atom stereocenters. The van der Waals surface area contributed by atoms with Crippen LogP contribution in [-0.2, 0) is 13.5 Å². The van der Waals surface area contributed by atoms with E-state index in [1.165, 1.54) is 31.4 Å². The van der Waals surface area contributed by atoms with Crippen LogP contribution >= 0.6 is 0 Å². The maximum absolute atomic E-state index is 4.42. The third kappa shape index (κ3) is 2.45. The molecule has 4 nitrogen and oxygen atoms in total. The Kier molecular flexibility index (Phi) is 3.39. The average molecular weight is 248 g/mol. The van der Waals surface area contributed by atoms with Crippen LogP contribution in [0.4, 0.5) is 0 Å². The van der Waals surface area contributed by atoms with Crippen LogP contribution in [0.25, 0.3) is 0 Å². The summed E-state index contributed by atoms with van der Waals surface area (Å²) in [5.74, 6) is 0. The highest BCUT2D eigenvalue weighted by molar-refractivity contribution is 5.00. The van der Waals surface area contributed by atoms with Crippen molar-refractivity contribution in [3.63, 3.8) is 0 Å². The van der Waals surface area contributed by atoms with Crippen LogP contribution < -0.4 is 5.32 Å². The number of rotatable bonds is 4. The fraction of sp³-hybridized carbons (Fsp3) is 0.786. The van der Waals surface area contributed by atoms with Crippen LogP contribution in [0.2, 0.25) is 0 Å². The van der Waals surface area contributed by atoms with Gasteiger partial charge >= 0.3 is 0 Å². The summed E-state index contributed by atoms with van der Waals surface area (Å²) in [5, 5.41) is 8.14. The Hall–Kier alpha value is -0.870. The predicted octanol–water partition coefficient (Wildman–Crippen LogP) is 1.18. The first-order valence-corrected chi connectivity index (χ1v) is 7.16. The summed E-state index contributed by atoms with van der Waals surface area (Å²) >= 11 is 0. The lowest BCUT2D eigenvalue weighted by molar-refractivity contribution is 0.149. The minimum atomic E-state index is 0.724. The molecule has 3 heterocycles. The highest BCUT2D eigenvalue weighted by Crippen LogP contribution is 2.34. The topological polar surface area (TPSA) is 33.1 Å². The number of aryl methyl sites for hydroxylation is 1. The highest BCUT2D eigenvalue weighted by Gasteiger charge is 2.37. The second-order valence-electron chi connectivity index (χ2n) is 5.90. The Morgan fingerprint density at radius 2 is 2.00 bits per heavy atom. The molecule has 2 saturated heterocycles. The van der Waals surface area contributed by atoms with Crippen LogP contribution in [0.1, 0.15) is 31.4 Å². The lowest BCUT2D eigenvalue weighted by Gasteiger charge is -2.36. The van der Waals surface area contributed by atoms with Gasteiger partial charge in [-0.1, -0.05) is 0 Å². The molecule has 2 fully saturated rings. The number of hydrogen-bond donors (Lipinski definition) is 1. The SMILES string of the molecule is CN1C2CCC1CC(NCCc1ccn(C)n1)C2. The predicted molar refractivity (Wildman–Crippen MR) is 72.5 cm³/mol. The normalized spacial score (nSPS) is 32.0. The molecule has 0 amide bonds. The molecular formula is C14H24N4. The lowest BCUT2D eigenvalue weighted by atomic mass is 9.98. The molecule has 2 aliphatic heterocycles. The summed E-state index contributed by atoms with van der Waals surface area (Å²) in [6.07, 6.45) is 8.53. The van der Waals surface area contributed by atoms with Crippen molar-refractivity contribution in [1.82, 2.24) is 20.0 Å². The molecule has 3 rings (SSSR count). The lowest BCUT2D eigenvalue weighted by Crippen LogP contribution is -2.47. The van der Waals surface area contributed by atoms with Crippen molar-refractivity contribution in [2.45, 2.75) is 50.2 Å². The van der Waals surface area contributed by atoms with Crippen LogP contribution in [0.3, 0.4) is 0 Å². The Morgan fingerprint density at radius 1 is 1.28 bits per heavy atom. The number of nitrogens with zero attached hydrogens (tertiary/aromatic N) is 3. The Labute approximate surface area is 109 Å². The van der Waals surface area contributed by atoms with Gasteiger partial charge in [-0.3, -0.25) is 4.68 Å². The first-order valence-electron chi connectivity index (χ1n) is 7.16. The Morgan fingerprint density at radius 3 is 2.61 bits per heavy atom. The number of nitrogens with one attached hydrogen (secondary N) is 1. The van der Waals surface area contributed by atoms with Gasteiger partial charge in [-0.2, -0.15) is 5.10 Å². The van der Waals surface area contributed by atoms with Gasteiger partial charge in [0.15, 0.2) is 0 Å². The third-order valence-electron chi connectivity index (χ3n) is 4.68. The molecule has 1 aromatic heterocycles. The van der Waals surface area contributed by atoms with Gasteiger partial charge in [0.05, 0.1) is 5.69 Å². The Balaban J connectivity index is 1.44. The zero-order valence-corrected chi connectivity index (χ0v) is 11.5. The van der Waals surface area contributed by atoms with E-state index in [2.05, 4.69) is 28.4 Å². The van der Waals surface area contributed by atoms with Gasteiger partial charge in [0.2, 0.25) is 0 Å². The van der Waals surface area contributed by atoms with Gasteiger partial charge in [0, 0.05) is 44.3 Å². The van der Waals surface area contributed by atoms with Gasteiger partial charge in [-0.15, -0.1) is 0 Å². The molecule has 2 bridgehead atoms. The second-order valence-corrected chi connectivity index (χ2v) is 5.90. The minimum Gasteiger partial charge on any atom is -0.313 e. The van der Waals surface area contributed by atoms with Gasteiger partial charge in [-0.05, 0) is 38.8 Å². The zero-order chi connectivity index (χ0) is 12.5. The van der Waals surface area contributed by atoms with Crippen molar-refractivity contribution in [3.05, 3.63) is 18.0 Å². The van der Waals surface area contributed by atoms with Crippen molar-refractivity contribution >= 4 is 0 Å². The fourth-order valence-corrected chi connectivity index (χ4v) is 3.58. The van der Waals surface area contributed by atoms with Crippen LogP contribution in [-0.4, -0.2) is 46.4 Å². The first-order chi connectivity index (χ1) is 8.72. The van der Waals surface area contributed by atoms with E-state index >= 15 is 0 Å².